The minimum atomic E-state index is 0.481. The summed E-state index contributed by atoms with van der Waals surface area (Å²) < 4.78 is 4.84. The quantitative estimate of drug-likeness (QED) is 0.520. The van der Waals surface area contributed by atoms with Crippen LogP contribution in [0.1, 0.15) is 11.1 Å². The summed E-state index contributed by atoms with van der Waals surface area (Å²) in [5, 5.41) is 0. The number of ether oxygens (including phenoxy) is 1. The highest BCUT2D eigenvalue weighted by Crippen LogP contribution is 2.04. The van der Waals surface area contributed by atoms with Gasteiger partial charge in [-0.25, -0.2) is 0 Å². The summed E-state index contributed by atoms with van der Waals surface area (Å²) >= 11 is 0. The fraction of sp³-hybridized carbons (Fsp3) is 0.231. The van der Waals surface area contributed by atoms with Crippen molar-refractivity contribution >= 4 is 0 Å². The van der Waals surface area contributed by atoms with Crippen molar-refractivity contribution < 1.29 is 4.74 Å². The van der Waals surface area contributed by atoms with Crippen LogP contribution in [0.25, 0.3) is 0 Å². The van der Waals surface area contributed by atoms with Crippen LogP contribution < -0.4 is 0 Å². The van der Waals surface area contributed by atoms with Crippen LogP contribution >= 0.6 is 0 Å². The lowest BCUT2D eigenvalue weighted by Crippen LogP contribution is -1.83. The van der Waals surface area contributed by atoms with E-state index < -0.39 is 0 Å². The van der Waals surface area contributed by atoms with E-state index in [1.54, 1.807) is 7.11 Å². The highest BCUT2D eigenvalue weighted by Gasteiger charge is 1.89. The van der Waals surface area contributed by atoms with Gasteiger partial charge in [0.05, 0.1) is 0 Å². The number of rotatable bonds is 3. The predicted octanol–water partition coefficient (Wildman–Crippen LogP) is 2.41. The Kier molecular flexibility index (Phi) is 4.54. The van der Waals surface area contributed by atoms with E-state index in [0.717, 1.165) is 12.0 Å². The minimum absolute atomic E-state index is 0.481. The largest absolute Gasteiger partial charge is 0.372 e. The molecule has 0 saturated carbocycles. The maximum Gasteiger partial charge on any atom is 0.107 e. The summed E-state index contributed by atoms with van der Waals surface area (Å²) in [5.74, 6) is 5.92. The van der Waals surface area contributed by atoms with Crippen molar-refractivity contribution in [2.24, 2.45) is 0 Å². The zero-order chi connectivity index (χ0) is 10.2. The number of allylic oxidation sites excluding steroid dienone is 1. The SMILES string of the molecule is C=CCc1ccc(C#CCOC)cc1. The molecular formula is C13H14O. The number of hydrogen-bond donors (Lipinski definition) is 0. The Labute approximate surface area is 85.4 Å². The van der Waals surface area contributed by atoms with Gasteiger partial charge in [0.25, 0.3) is 0 Å². The summed E-state index contributed by atoms with van der Waals surface area (Å²) in [5.41, 5.74) is 2.28. The Bertz CT molecular complexity index is 338. The van der Waals surface area contributed by atoms with Crippen molar-refractivity contribution in [1.29, 1.82) is 0 Å². The van der Waals surface area contributed by atoms with Crippen molar-refractivity contribution in [1.82, 2.24) is 0 Å². The topological polar surface area (TPSA) is 9.23 Å². The molecule has 0 spiro atoms. The Morgan fingerprint density at radius 3 is 2.64 bits per heavy atom. The third kappa shape index (κ3) is 3.47. The van der Waals surface area contributed by atoms with Gasteiger partial charge in [0, 0.05) is 12.7 Å². The normalized spacial score (nSPS) is 8.93. The van der Waals surface area contributed by atoms with Crippen LogP contribution in [0, 0.1) is 11.8 Å². The second-order valence-corrected chi connectivity index (χ2v) is 2.92. The van der Waals surface area contributed by atoms with Gasteiger partial charge in [-0.15, -0.1) is 6.58 Å². The molecule has 1 aromatic rings. The van der Waals surface area contributed by atoms with Gasteiger partial charge in [0.2, 0.25) is 0 Å². The lowest BCUT2D eigenvalue weighted by atomic mass is 10.1. The first-order chi connectivity index (χ1) is 6.86. The van der Waals surface area contributed by atoms with Gasteiger partial charge in [-0.2, -0.15) is 0 Å². The minimum Gasteiger partial charge on any atom is -0.372 e. The maximum atomic E-state index is 4.84. The Hall–Kier alpha value is -1.52. The monoisotopic (exact) mass is 186 g/mol. The lowest BCUT2D eigenvalue weighted by molar-refractivity contribution is 0.240. The number of benzene rings is 1. The fourth-order valence-electron chi connectivity index (χ4n) is 1.10. The van der Waals surface area contributed by atoms with E-state index >= 15 is 0 Å². The highest BCUT2D eigenvalue weighted by molar-refractivity contribution is 5.36. The standard InChI is InChI=1S/C13H14O/c1-3-5-12-7-9-13(10-8-12)6-4-11-14-2/h3,7-10H,1,5,11H2,2H3. The maximum absolute atomic E-state index is 4.84. The van der Waals surface area contributed by atoms with Gasteiger partial charge in [0.15, 0.2) is 0 Å². The second-order valence-electron chi connectivity index (χ2n) is 2.92. The number of methoxy groups -OCH3 is 1. The first-order valence-corrected chi connectivity index (χ1v) is 4.54. The first-order valence-electron chi connectivity index (χ1n) is 4.54. The molecule has 0 aromatic heterocycles. The molecule has 0 aliphatic rings. The van der Waals surface area contributed by atoms with Crippen LogP contribution in [0.4, 0.5) is 0 Å². The molecular weight excluding hydrogens is 172 g/mol. The van der Waals surface area contributed by atoms with E-state index in [2.05, 4.69) is 30.6 Å². The van der Waals surface area contributed by atoms with Crippen molar-refractivity contribution in [3.63, 3.8) is 0 Å². The molecule has 0 aliphatic heterocycles. The molecule has 0 saturated heterocycles. The van der Waals surface area contributed by atoms with Gasteiger partial charge >= 0.3 is 0 Å². The average molecular weight is 186 g/mol. The molecule has 0 heterocycles. The van der Waals surface area contributed by atoms with E-state index in [-0.39, 0.29) is 0 Å². The lowest BCUT2D eigenvalue weighted by Gasteiger charge is -1.95. The molecule has 1 heteroatoms. The first kappa shape index (κ1) is 10.6. The van der Waals surface area contributed by atoms with Crippen LogP contribution in [-0.4, -0.2) is 13.7 Å². The molecule has 14 heavy (non-hydrogen) atoms. The average Bonchev–Trinajstić information content (AvgIpc) is 2.21. The molecule has 0 radical (unpaired) electrons. The van der Waals surface area contributed by atoms with Crippen LogP contribution in [-0.2, 0) is 11.2 Å². The molecule has 1 rings (SSSR count). The van der Waals surface area contributed by atoms with Crippen LogP contribution in [0.15, 0.2) is 36.9 Å². The molecule has 0 bridgehead atoms. The Morgan fingerprint density at radius 2 is 2.07 bits per heavy atom. The molecule has 0 amide bonds. The van der Waals surface area contributed by atoms with Gasteiger partial charge in [-0.3, -0.25) is 0 Å². The molecule has 1 aromatic carbocycles. The van der Waals surface area contributed by atoms with Crippen LogP contribution in [0.3, 0.4) is 0 Å². The van der Waals surface area contributed by atoms with Gasteiger partial charge in [-0.05, 0) is 24.1 Å². The summed E-state index contributed by atoms with van der Waals surface area (Å²) in [6, 6.07) is 8.17. The second kappa shape index (κ2) is 6.01. The highest BCUT2D eigenvalue weighted by atomic mass is 16.5. The summed E-state index contributed by atoms with van der Waals surface area (Å²) in [6.45, 7) is 4.18. The number of hydrogen-bond acceptors (Lipinski definition) is 1. The Balaban J connectivity index is 2.65. The molecule has 1 nitrogen and oxygen atoms in total. The zero-order valence-corrected chi connectivity index (χ0v) is 8.42. The van der Waals surface area contributed by atoms with Crippen LogP contribution in [0.5, 0.6) is 0 Å². The van der Waals surface area contributed by atoms with E-state index in [1.807, 2.05) is 18.2 Å². The summed E-state index contributed by atoms with van der Waals surface area (Å²) in [4.78, 5) is 0. The smallest absolute Gasteiger partial charge is 0.107 e. The predicted molar refractivity (Wildman–Crippen MR) is 59.1 cm³/mol. The van der Waals surface area contributed by atoms with Crippen molar-refractivity contribution in [2.45, 2.75) is 6.42 Å². The zero-order valence-electron chi connectivity index (χ0n) is 8.42. The Morgan fingerprint density at radius 1 is 1.36 bits per heavy atom. The van der Waals surface area contributed by atoms with Gasteiger partial charge < -0.3 is 4.74 Å². The fourth-order valence-corrected chi connectivity index (χ4v) is 1.10. The third-order valence-corrected chi connectivity index (χ3v) is 1.78. The summed E-state index contributed by atoms with van der Waals surface area (Å²) in [7, 11) is 1.64. The summed E-state index contributed by atoms with van der Waals surface area (Å²) in [6.07, 6.45) is 2.80. The third-order valence-electron chi connectivity index (χ3n) is 1.78. The van der Waals surface area contributed by atoms with Crippen molar-refractivity contribution in [3.8, 4) is 11.8 Å². The molecule has 0 atom stereocenters. The van der Waals surface area contributed by atoms with E-state index in [9.17, 15) is 0 Å². The van der Waals surface area contributed by atoms with Crippen molar-refractivity contribution in [3.05, 3.63) is 48.0 Å². The molecule has 0 aliphatic carbocycles. The van der Waals surface area contributed by atoms with Crippen LogP contribution in [0.2, 0.25) is 0 Å². The van der Waals surface area contributed by atoms with Crippen molar-refractivity contribution in [2.75, 3.05) is 13.7 Å². The molecule has 0 fully saturated rings. The van der Waals surface area contributed by atoms with E-state index in [1.165, 1.54) is 5.56 Å². The van der Waals surface area contributed by atoms with E-state index in [4.69, 9.17) is 4.74 Å². The van der Waals surface area contributed by atoms with Gasteiger partial charge in [-0.1, -0.05) is 30.0 Å². The van der Waals surface area contributed by atoms with Gasteiger partial charge in [0.1, 0.15) is 6.61 Å². The molecule has 0 unspecified atom stereocenters. The molecule has 0 N–H and O–H groups in total. The molecule has 72 valence electrons. The van der Waals surface area contributed by atoms with E-state index in [0.29, 0.717) is 6.61 Å².